The van der Waals surface area contributed by atoms with Gasteiger partial charge in [-0.25, -0.2) is 0 Å². The molecule has 1 heterocycles. The summed E-state index contributed by atoms with van der Waals surface area (Å²) in [6, 6.07) is 0. The Kier molecular flexibility index (Phi) is 5.84. The van der Waals surface area contributed by atoms with Crippen molar-refractivity contribution in [2.24, 2.45) is 5.92 Å². The number of rotatable bonds is 1. The van der Waals surface area contributed by atoms with E-state index in [1.807, 2.05) is 0 Å². The summed E-state index contributed by atoms with van der Waals surface area (Å²) in [5.41, 5.74) is 0. The van der Waals surface area contributed by atoms with Gasteiger partial charge in [-0.3, -0.25) is 0 Å². The van der Waals surface area contributed by atoms with Gasteiger partial charge in [0.05, 0.1) is 12.2 Å². The first-order valence-electron chi connectivity index (χ1n) is 4.72. The van der Waals surface area contributed by atoms with E-state index in [0.717, 1.165) is 5.92 Å². The fourth-order valence-corrected chi connectivity index (χ4v) is 1.49. The van der Waals surface area contributed by atoms with Gasteiger partial charge in [0.25, 0.3) is 0 Å². The van der Waals surface area contributed by atoms with Gasteiger partial charge in [0.1, 0.15) is 0 Å². The third-order valence-corrected chi connectivity index (χ3v) is 2.61. The molecular weight excluding hydrogens is 148 g/mol. The Balaban J connectivity index is 0.000000561. The van der Waals surface area contributed by atoms with E-state index in [4.69, 9.17) is 4.74 Å². The Morgan fingerprint density at radius 3 is 2.25 bits per heavy atom. The molecule has 0 radical (unpaired) electrons. The Labute approximate surface area is 76.5 Å². The summed E-state index contributed by atoms with van der Waals surface area (Å²) in [6.07, 6.45) is 12.8. The van der Waals surface area contributed by atoms with E-state index in [2.05, 4.69) is 33.6 Å². The smallest absolute Gasteiger partial charge is 0.0576 e. The van der Waals surface area contributed by atoms with E-state index in [1.165, 1.54) is 19.3 Å². The Morgan fingerprint density at radius 1 is 1.25 bits per heavy atom. The summed E-state index contributed by atoms with van der Waals surface area (Å²) in [7, 11) is 0. The van der Waals surface area contributed by atoms with Gasteiger partial charge in [0.2, 0.25) is 0 Å². The predicted octanol–water partition coefficient (Wildman–Crippen LogP) is 2.85. The van der Waals surface area contributed by atoms with Crippen LogP contribution >= 0.6 is 0 Å². The molecule has 0 bridgehead atoms. The van der Waals surface area contributed by atoms with Crippen molar-refractivity contribution in [3.63, 3.8) is 0 Å². The molecule has 1 saturated heterocycles. The van der Waals surface area contributed by atoms with Gasteiger partial charge in [0.15, 0.2) is 0 Å². The van der Waals surface area contributed by atoms with Crippen molar-refractivity contribution in [2.45, 2.75) is 52.2 Å². The predicted molar refractivity (Wildman–Crippen MR) is 52.9 cm³/mol. The first kappa shape index (κ1) is 11.5. The van der Waals surface area contributed by atoms with Crippen LogP contribution in [0, 0.1) is 18.8 Å². The van der Waals surface area contributed by atoms with Crippen LogP contribution in [0.5, 0.6) is 0 Å². The molecule has 0 spiro atoms. The number of terminal acetylenes is 1. The van der Waals surface area contributed by atoms with E-state index >= 15 is 0 Å². The van der Waals surface area contributed by atoms with Gasteiger partial charge in [-0.05, 0) is 32.1 Å². The summed E-state index contributed by atoms with van der Waals surface area (Å²) in [6.45, 7) is 6.66. The molecule has 1 aliphatic heterocycles. The Morgan fingerprint density at radius 2 is 1.83 bits per heavy atom. The summed E-state index contributed by atoms with van der Waals surface area (Å²) in [4.78, 5) is 0. The van der Waals surface area contributed by atoms with E-state index in [-0.39, 0.29) is 0 Å². The Hall–Kier alpha value is -0.480. The molecule has 3 atom stereocenters. The molecule has 1 heteroatoms. The molecule has 3 unspecified atom stereocenters. The van der Waals surface area contributed by atoms with Crippen LogP contribution in [0.4, 0.5) is 0 Å². The average Bonchev–Trinajstić information content (AvgIpc) is 2.13. The van der Waals surface area contributed by atoms with Crippen LogP contribution in [-0.2, 0) is 4.74 Å². The maximum atomic E-state index is 5.75. The fraction of sp³-hybridized carbons (Fsp3) is 0.818. The quantitative estimate of drug-likeness (QED) is 0.547. The van der Waals surface area contributed by atoms with Gasteiger partial charge in [-0.15, -0.1) is 12.8 Å². The highest BCUT2D eigenvalue weighted by Gasteiger charge is 2.23. The lowest BCUT2D eigenvalue weighted by Crippen LogP contribution is -2.30. The Bertz CT molecular complexity index is 128. The molecule has 1 fully saturated rings. The van der Waals surface area contributed by atoms with Crippen molar-refractivity contribution in [1.29, 1.82) is 0 Å². The van der Waals surface area contributed by atoms with Crippen molar-refractivity contribution in [3.05, 3.63) is 0 Å². The highest BCUT2D eigenvalue weighted by Crippen LogP contribution is 2.25. The SMILES string of the molecule is C#C.CCC1CCC(C)C(C)O1. The minimum Gasteiger partial charge on any atom is -0.375 e. The first-order chi connectivity index (χ1) is 5.74. The molecule has 12 heavy (non-hydrogen) atoms. The monoisotopic (exact) mass is 168 g/mol. The molecule has 0 N–H and O–H groups in total. The zero-order chi connectivity index (χ0) is 9.56. The third-order valence-electron chi connectivity index (χ3n) is 2.61. The molecule has 0 saturated carbocycles. The first-order valence-corrected chi connectivity index (χ1v) is 4.72. The fourth-order valence-electron chi connectivity index (χ4n) is 1.49. The minimum absolute atomic E-state index is 0.485. The van der Waals surface area contributed by atoms with Crippen LogP contribution in [0.1, 0.15) is 40.0 Å². The normalized spacial score (nSPS) is 34.9. The van der Waals surface area contributed by atoms with E-state index in [1.54, 1.807) is 0 Å². The lowest BCUT2D eigenvalue weighted by Gasteiger charge is -2.32. The maximum absolute atomic E-state index is 5.75. The number of hydrogen-bond donors (Lipinski definition) is 0. The highest BCUT2D eigenvalue weighted by molar-refractivity contribution is 4.72. The summed E-state index contributed by atoms with van der Waals surface area (Å²) >= 11 is 0. The van der Waals surface area contributed by atoms with Crippen LogP contribution in [0.3, 0.4) is 0 Å². The van der Waals surface area contributed by atoms with Crippen LogP contribution in [-0.4, -0.2) is 12.2 Å². The van der Waals surface area contributed by atoms with Crippen molar-refractivity contribution in [1.82, 2.24) is 0 Å². The van der Waals surface area contributed by atoms with Crippen molar-refractivity contribution >= 4 is 0 Å². The molecule has 0 aromatic carbocycles. The molecule has 0 aromatic rings. The molecule has 0 amide bonds. The summed E-state index contributed by atoms with van der Waals surface area (Å²) in [5, 5.41) is 0. The number of ether oxygens (including phenoxy) is 1. The van der Waals surface area contributed by atoms with Crippen molar-refractivity contribution < 1.29 is 4.74 Å². The van der Waals surface area contributed by atoms with Crippen LogP contribution in [0.2, 0.25) is 0 Å². The molecule has 70 valence electrons. The van der Waals surface area contributed by atoms with E-state index in [0.29, 0.717) is 12.2 Å². The third kappa shape index (κ3) is 3.28. The molecule has 1 nitrogen and oxygen atoms in total. The second-order valence-electron chi connectivity index (χ2n) is 3.43. The lowest BCUT2D eigenvalue weighted by atomic mass is 9.93. The molecular formula is C11H20O. The second kappa shape index (κ2) is 6.08. The van der Waals surface area contributed by atoms with E-state index in [9.17, 15) is 0 Å². The molecule has 0 aliphatic carbocycles. The zero-order valence-electron chi connectivity index (χ0n) is 8.42. The standard InChI is InChI=1S/C9H18O.C2H2/c1-4-9-6-5-7(2)8(3)10-9;1-2/h7-9H,4-6H2,1-3H3;1-2H. The topological polar surface area (TPSA) is 9.23 Å². The largest absolute Gasteiger partial charge is 0.375 e. The van der Waals surface area contributed by atoms with Gasteiger partial charge in [-0.1, -0.05) is 13.8 Å². The van der Waals surface area contributed by atoms with Crippen LogP contribution < -0.4 is 0 Å². The molecule has 0 aromatic heterocycles. The zero-order valence-corrected chi connectivity index (χ0v) is 8.42. The minimum atomic E-state index is 0.485. The average molecular weight is 168 g/mol. The van der Waals surface area contributed by atoms with Gasteiger partial charge < -0.3 is 4.74 Å². The highest BCUT2D eigenvalue weighted by atomic mass is 16.5. The van der Waals surface area contributed by atoms with Crippen LogP contribution in [0.25, 0.3) is 0 Å². The summed E-state index contributed by atoms with van der Waals surface area (Å²) < 4.78 is 5.75. The van der Waals surface area contributed by atoms with Gasteiger partial charge in [0, 0.05) is 0 Å². The molecule has 1 aliphatic rings. The van der Waals surface area contributed by atoms with Crippen molar-refractivity contribution in [2.75, 3.05) is 0 Å². The number of hydrogen-bond acceptors (Lipinski definition) is 1. The van der Waals surface area contributed by atoms with Gasteiger partial charge in [-0.2, -0.15) is 0 Å². The summed E-state index contributed by atoms with van der Waals surface area (Å²) in [5.74, 6) is 0.766. The van der Waals surface area contributed by atoms with Crippen molar-refractivity contribution in [3.8, 4) is 12.8 Å². The molecule has 1 rings (SSSR count). The van der Waals surface area contributed by atoms with E-state index < -0.39 is 0 Å². The van der Waals surface area contributed by atoms with Gasteiger partial charge >= 0.3 is 0 Å². The maximum Gasteiger partial charge on any atom is 0.0576 e. The lowest BCUT2D eigenvalue weighted by molar-refractivity contribution is -0.0695. The van der Waals surface area contributed by atoms with Crippen LogP contribution in [0.15, 0.2) is 0 Å². The second-order valence-corrected chi connectivity index (χ2v) is 3.43.